The SMILES string of the molecule is CC(Cn1cccn1)NCc1ccn(C)n1. The van der Waals surface area contributed by atoms with Crippen LogP contribution in [0.15, 0.2) is 30.7 Å². The lowest BCUT2D eigenvalue weighted by molar-refractivity contribution is 0.447. The van der Waals surface area contributed by atoms with Gasteiger partial charge in [-0.1, -0.05) is 0 Å². The van der Waals surface area contributed by atoms with Crippen LogP contribution in [0, 0.1) is 0 Å². The van der Waals surface area contributed by atoms with E-state index >= 15 is 0 Å². The highest BCUT2D eigenvalue weighted by Crippen LogP contribution is 1.96. The van der Waals surface area contributed by atoms with Gasteiger partial charge in [0.1, 0.15) is 0 Å². The maximum absolute atomic E-state index is 4.31. The lowest BCUT2D eigenvalue weighted by Crippen LogP contribution is -2.30. The molecule has 16 heavy (non-hydrogen) atoms. The molecule has 0 spiro atoms. The number of hydrogen-bond acceptors (Lipinski definition) is 3. The van der Waals surface area contributed by atoms with Gasteiger partial charge in [-0.05, 0) is 19.1 Å². The molecule has 0 fully saturated rings. The third-order valence-corrected chi connectivity index (χ3v) is 2.42. The Labute approximate surface area is 95.1 Å². The van der Waals surface area contributed by atoms with Crippen LogP contribution in [0.1, 0.15) is 12.6 Å². The first-order valence-electron chi connectivity index (χ1n) is 5.43. The summed E-state index contributed by atoms with van der Waals surface area (Å²) in [5, 5.41) is 11.9. The third kappa shape index (κ3) is 2.93. The smallest absolute Gasteiger partial charge is 0.0762 e. The number of nitrogens with one attached hydrogen (secondary N) is 1. The van der Waals surface area contributed by atoms with E-state index < -0.39 is 0 Å². The Morgan fingerprint density at radius 1 is 1.44 bits per heavy atom. The highest BCUT2D eigenvalue weighted by Gasteiger charge is 2.03. The maximum atomic E-state index is 4.31. The molecule has 0 saturated heterocycles. The van der Waals surface area contributed by atoms with Gasteiger partial charge < -0.3 is 5.32 Å². The van der Waals surface area contributed by atoms with Gasteiger partial charge in [0.05, 0.1) is 12.2 Å². The van der Waals surface area contributed by atoms with Crippen molar-refractivity contribution in [2.45, 2.75) is 26.1 Å². The summed E-state index contributed by atoms with van der Waals surface area (Å²) in [6, 6.07) is 4.33. The zero-order valence-corrected chi connectivity index (χ0v) is 9.67. The molecule has 2 aromatic heterocycles. The molecule has 5 heteroatoms. The van der Waals surface area contributed by atoms with Crippen LogP contribution < -0.4 is 5.32 Å². The first-order chi connectivity index (χ1) is 7.74. The minimum atomic E-state index is 0.377. The molecule has 2 heterocycles. The first kappa shape index (κ1) is 10.9. The third-order valence-electron chi connectivity index (χ3n) is 2.42. The largest absolute Gasteiger partial charge is 0.307 e. The minimum absolute atomic E-state index is 0.377. The van der Waals surface area contributed by atoms with E-state index in [0.29, 0.717) is 6.04 Å². The quantitative estimate of drug-likeness (QED) is 0.809. The molecule has 0 bridgehead atoms. The fraction of sp³-hybridized carbons (Fsp3) is 0.455. The number of aromatic nitrogens is 4. The van der Waals surface area contributed by atoms with E-state index in [1.807, 2.05) is 40.9 Å². The zero-order chi connectivity index (χ0) is 11.4. The van der Waals surface area contributed by atoms with E-state index in [4.69, 9.17) is 0 Å². The Morgan fingerprint density at radius 2 is 2.31 bits per heavy atom. The lowest BCUT2D eigenvalue weighted by atomic mass is 10.3. The molecule has 0 amide bonds. The fourth-order valence-corrected chi connectivity index (χ4v) is 1.59. The van der Waals surface area contributed by atoms with Crippen molar-refractivity contribution in [3.8, 4) is 0 Å². The average molecular weight is 219 g/mol. The van der Waals surface area contributed by atoms with Gasteiger partial charge in [-0.3, -0.25) is 9.36 Å². The Bertz CT molecular complexity index is 417. The van der Waals surface area contributed by atoms with Crippen molar-refractivity contribution in [2.24, 2.45) is 7.05 Å². The van der Waals surface area contributed by atoms with Crippen LogP contribution in [0.2, 0.25) is 0 Å². The number of aryl methyl sites for hydroxylation is 1. The van der Waals surface area contributed by atoms with Crippen molar-refractivity contribution in [2.75, 3.05) is 0 Å². The summed E-state index contributed by atoms with van der Waals surface area (Å²) >= 11 is 0. The molecular formula is C11H17N5. The second-order valence-corrected chi connectivity index (χ2v) is 3.99. The standard InChI is InChI=1S/C11H17N5/c1-10(9-16-6-3-5-13-16)12-8-11-4-7-15(2)14-11/h3-7,10,12H,8-9H2,1-2H3. The van der Waals surface area contributed by atoms with Gasteiger partial charge in [0, 0.05) is 38.2 Å². The molecule has 1 N–H and O–H groups in total. The summed E-state index contributed by atoms with van der Waals surface area (Å²) in [7, 11) is 1.93. The van der Waals surface area contributed by atoms with Gasteiger partial charge in [0.15, 0.2) is 0 Å². The van der Waals surface area contributed by atoms with Gasteiger partial charge in [-0.2, -0.15) is 10.2 Å². The summed E-state index contributed by atoms with van der Waals surface area (Å²) in [6.45, 7) is 3.81. The summed E-state index contributed by atoms with van der Waals surface area (Å²) in [5.41, 5.74) is 1.06. The van der Waals surface area contributed by atoms with E-state index in [0.717, 1.165) is 18.8 Å². The van der Waals surface area contributed by atoms with Crippen molar-refractivity contribution in [1.29, 1.82) is 0 Å². The summed E-state index contributed by atoms with van der Waals surface area (Å²) < 4.78 is 3.74. The Kier molecular flexibility index (Phi) is 3.36. The highest BCUT2D eigenvalue weighted by atomic mass is 15.3. The molecule has 2 rings (SSSR count). The van der Waals surface area contributed by atoms with Crippen LogP contribution in [-0.4, -0.2) is 25.6 Å². The number of nitrogens with zero attached hydrogens (tertiary/aromatic N) is 4. The Morgan fingerprint density at radius 3 is 2.94 bits per heavy atom. The van der Waals surface area contributed by atoms with Crippen LogP contribution in [0.3, 0.4) is 0 Å². The van der Waals surface area contributed by atoms with E-state index in [9.17, 15) is 0 Å². The van der Waals surface area contributed by atoms with Crippen LogP contribution in [-0.2, 0) is 20.1 Å². The normalized spacial score (nSPS) is 12.9. The molecular weight excluding hydrogens is 202 g/mol. The lowest BCUT2D eigenvalue weighted by Gasteiger charge is -2.12. The molecule has 0 radical (unpaired) electrons. The monoisotopic (exact) mass is 219 g/mol. The van der Waals surface area contributed by atoms with E-state index in [-0.39, 0.29) is 0 Å². The van der Waals surface area contributed by atoms with E-state index in [1.54, 1.807) is 6.20 Å². The highest BCUT2D eigenvalue weighted by molar-refractivity contribution is 4.98. The van der Waals surface area contributed by atoms with Gasteiger partial charge in [-0.15, -0.1) is 0 Å². The molecule has 5 nitrogen and oxygen atoms in total. The summed E-state index contributed by atoms with van der Waals surface area (Å²) in [6.07, 6.45) is 5.72. The predicted molar refractivity (Wildman–Crippen MR) is 61.7 cm³/mol. The number of hydrogen-bond donors (Lipinski definition) is 1. The first-order valence-corrected chi connectivity index (χ1v) is 5.43. The molecule has 0 saturated carbocycles. The maximum Gasteiger partial charge on any atom is 0.0762 e. The topological polar surface area (TPSA) is 47.7 Å². The van der Waals surface area contributed by atoms with Crippen molar-refractivity contribution in [1.82, 2.24) is 24.9 Å². The number of rotatable bonds is 5. The van der Waals surface area contributed by atoms with E-state index in [1.165, 1.54) is 0 Å². The van der Waals surface area contributed by atoms with Crippen LogP contribution in [0.5, 0.6) is 0 Å². The van der Waals surface area contributed by atoms with Gasteiger partial charge >= 0.3 is 0 Å². The predicted octanol–water partition coefficient (Wildman–Crippen LogP) is 0.795. The van der Waals surface area contributed by atoms with Gasteiger partial charge in [0.25, 0.3) is 0 Å². The van der Waals surface area contributed by atoms with Crippen LogP contribution in [0.25, 0.3) is 0 Å². The molecule has 86 valence electrons. The second-order valence-electron chi connectivity index (χ2n) is 3.99. The summed E-state index contributed by atoms with van der Waals surface area (Å²) in [5.74, 6) is 0. The Hall–Kier alpha value is -1.62. The Balaban J connectivity index is 1.77. The van der Waals surface area contributed by atoms with Gasteiger partial charge in [0.2, 0.25) is 0 Å². The van der Waals surface area contributed by atoms with Crippen molar-refractivity contribution >= 4 is 0 Å². The zero-order valence-electron chi connectivity index (χ0n) is 9.67. The van der Waals surface area contributed by atoms with E-state index in [2.05, 4.69) is 22.4 Å². The second kappa shape index (κ2) is 4.94. The summed E-state index contributed by atoms with van der Waals surface area (Å²) in [4.78, 5) is 0. The minimum Gasteiger partial charge on any atom is -0.307 e. The van der Waals surface area contributed by atoms with Crippen molar-refractivity contribution in [3.63, 3.8) is 0 Å². The molecule has 1 unspecified atom stereocenters. The molecule has 0 aliphatic rings. The molecule has 0 aliphatic heterocycles. The average Bonchev–Trinajstić information content (AvgIpc) is 2.87. The molecule has 0 aromatic carbocycles. The van der Waals surface area contributed by atoms with Crippen molar-refractivity contribution < 1.29 is 0 Å². The molecule has 0 aliphatic carbocycles. The molecule has 2 aromatic rings. The van der Waals surface area contributed by atoms with Crippen LogP contribution >= 0.6 is 0 Å². The van der Waals surface area contributed by atoms with Crippen LogP contribution in [0.4, 0.5) is 0 Å². The fourth-order valence-electron chi connectivity index (χ4n) is 1.59. The van der Waals surface area contributed by atoms with Gasteiger partial charge in [-0.25, -0.2) is 0 Å². The van der Waals surface area contributed by atoms with Crippen molar-refractivity contribution in [3.05, 3.63) is 36.4 Å². The molecule has 1 atom stereocenters.